The van der Waals surface area contributed by atoms with Crippen LogP contribution < -0.4 is 5.73 Å². The maximum atomic E-state index is 13.8. The second-order valence-corrected chi connectivity index (χ2v) is 4.53. The Hall–Kier alpha value is -1.74. The van der Waals surface area contributed by atoms with Crippen molar-refractivity contribution in [3.8, 4) is 0 Å². The minimum atomic E-state index is -0.787. The van der Waals surface area contributed by atoms with Crippen LogP contribution in [-0.4, -0.2) is 0 Å². The van der Waals surface area contributed by atoms with Gasteiger partial charge in [0, 0.05) is 11.1 Å². The van der Waals surface area contributed by atoms with E-state index in [9.17, 15) is 8.78 Å². The molecule has 0 heterocycles. The van der Waals surface area contributed by atoms with Crippen LogP contribution in [0.2, 0.25) is 0 Å². The summed E-state index contributed by atoms with van der Waals surface area (Å²) in [5, 5.41) is 0. The fourth-order valence-electron chi connectivity index (χ4n) is 1.95. The van der Waals surface area contributed by atoms with Crippen LogP contribution in [0.3, 0.4) is 0 Å². The van der Waals surface area contributed by atoms with Crippen molar-refractivity contribution in [2.24, 2.45) is 5.73 Å². The van der Waals surface area contributed by atoms with E-state index in [1.54, 1.807) is 31.2 Å². The zero-order chi connectivity index (χ0) is 13.3. The average molecular weight is 247 g/mol. The molecule has 94 valence electrons. The zero-order valence-electron chi connectivity index (χ0n) is 10.4. The lowest BCUT2D eigenvalue weighted by Gasteiger charge is -2.15. The van der Waals surface area contributed by atoms with Crippen molar-refractivity contribution in [2.45, 2.75) is 19.9 Å². The lowest BCUT2D eigenvalue weighted by atomic mass is 9.96. The summed E-state index contributed by atoms with van der Waals surface area (Å²) in [4.78, 5) is 0. The van der Waals surface area contributed by atoms with Crippen LogP contribution >= 0.6 is 0 Å². The van der Waals surface area contributed by atoms with Crippen molar-refractivity contribution in [1.29, 1.82) is 0 Å². The fraction of sp³-hybridized carbons (Fsp3) is 0.200. The highest BCUT2D eigenvalue weighted by Gasteiger charge is 2.17. The van der Waals surface area contributed by atoms with Gasteiger partial charge in [-0.2, -0.15) is 0 Å². The Labute approximate surface area is 105 Å². The third kappa shape index (κ3) is 2.41. The van der Waals surface area contributed by atoms with Gasteiger partial charge >= 0.3 is 0 Å². The van der Waals surface area contributed by atoms with Gasteiger partial charge in [-0.25, -0.2) is 8.78 Å². The number of hydrogen-bond acceptors (Lipinski definition) is 1. The van der Waals surface area contributed by atoms with Crippen LogP contribution in [0.15, 0.2) is 36.4 Å². The highest BCUT2D eigenvalue weighted by molar-refractivity contribution is 5.36. The maximum absolute atomic E-state index is 13.8. The van der Waals surface area contributed by atoms with Gasteiger partial charge in [-0.15, -0.1) is 0 Å². The highest BCUT2D eigenvalue weighted by Crippen LogP contribution is 2.25. The Morgan fingerprint density at radius 1 is 0.833 bits per heavy atom. The first kappa shape index (κ1) is 12.7. The van der Waals surface area contributed by atoms with Gasteiger partial charge in [-0.05, 0) is 31.5 Å². The molecule has 0 bridgehead atoms. The van der Waals surface area contributed by atoms with Crippen LogP contribution in [0.5, 0.6) is 0 Å². The molecule has 2 aromatic carbocycles. The lowest BCUT2D eigenvalue weighted by Crippen LogP contribution is -2.15. The molecule has 2 aromatic rings. The Morgan fingerprint density at radius 3 is 2.11 bits per heavy atom. The summed E-state index contributed by atoms with van der Waals surface area (Å²) in [5.74, 6) is -0.809. The third-order valence-electron chi connectivity index (χ3n) is 2.98. The summed E-state index contributed by atoms with van der Waals surface area (Å²) < 4.78 is 27.5. The van der Waals surface area contributed by atoms with E-state index in [0.29, 0.717) is 11.1 Å². The van der Waals surface area contributed by atoms with Crippen molar-refractivity contribution in [2.75, 3.05) is 0 Å². The van der Waals surface area contributed by atoms with Crippen LogP contribution in [-0.2, 0) is 0 Å². The van der Waals surface area contributed by atoms with Crippen molar-refractivity contribution < 1.29 is 8.78 Å². The fourth-order valence-corrected chi connectivity index (χ4v) is 1.95. The summed E-state index contributed by atoms with van der Waals surface area (Å²) in [6, 6.07) is 8.67. The molecule has 0 saturated carbocycles. The number of hydrogen-bond donors (Lipinski definition) is 1. The molecule has 1 unspecified atom stereocenters. The molecule has 1 atom stereocenters. The number of aryl methyl sites for hydroxylation is 2. The first-order chi connectivity index (χ1) is 8.49. The van der Waals surface area contributed by atoms with Crippen molar-refractivity contribution in [3.63, 3.8) is 0 Å². The van der Waals surface area contributed by atoms with Crippen LogP contribution in [0.25, 0.3) is 0 Å². The summed E-state index contributed by atoms with van der Waals surface area (Å²) in [6.45, 7) is 3.65. The van der Waals surface area contributed by atoms with Gasteiger partial charge in [-0.1, -0.05) is 29.8 Å². The first-order valence-corrected chi connectivity index (χ1v) is 5.76. The van der Waals surface area contributed by atoms with Gasteiger partial charge in [-0.3, -0.25) is 0 Å². The summed E-state index contributed by atoms with van der Waals surface area (Å²) in [7, 11) is 0. The molecule has 0 spiro atoms. The third-order valence-corrected chi connectivity index (χ3v) is 2.98. The molecule has 0 fully saturated rings. The number of nitrogens with two attached hydrogens (primary N) is 1. The van der Waals surface area contributed by atoms with E-state index in [1.807, 2.05) is 6.92 Å². The van der Waals surface area contributed by atoms with Crippen molar-refractivity contribution >= 4 is 0 Å². The summed E-state index contributed by atoms with van der Waals surface area (Å²) in [6.07, 6.45) is 0. The Balaban J connectivity index is 2.47. The molecule has 3 heteroatoms. The largest absolute Gasteiger partial charge is 0.320 e. The second-order valence-electron chi connectivity index (χ2n) is 4.53. The first-order valence-electron chi connectivity index (χ1n) is 5.76. The molecule has 0 aliphatic heterocycles. The summed E-state index contributed by atoms with van der Waals surface area (Å²) in [5.41, 5.74) is 8.30. The molecule has 1 nitrogen and oxygen atoms in total. The van der Waals surface area contributed by atoms with Crippen molar-refractivity contribution in [3.05, 3.63) is 70.3 Å². The van der Waals surface area contributed by atoms with Crippen molar-refractivity contribution in [1.82, 2.24) is 0 Å². The van der Waals surface area contributed by atoms with Gasteiger partial charge in [0.05, 0.1) is 6.04 Å². The smallest absolute Gasteiger partial charge is 0.128 e. The molecular formula is C15H15F2N. The standard InChI is InChI=1S/C15H15F2N/c1-9-4-6-13(16)12(7-9)15(18)11-5-3-10(2)8-14(11)17/h3-8,15H,18H2,1-2H3. The van der Waals surface area contributed by atoms with E-state index in [0.717, 1.165) is 11.1 Å². The summed E-state index contributed by atoms with van der Waals surface area (Å²) >= 11 is 0. The van der Waals surface area contributed by atoms with Gasteiger partial charge in [0.1, 0.15) is 11.6 Å². The molecule has 0 aliphatic carbocycles. The highest BCUT2D eigenvalue weighted by atomic mass is 19.1. The van der Waals surface area contributed by atoms with Gasteiger partial charge in [0.15, 0.2) is 0 Å². The van der Waals surface area contributed by atoms with E-state index in [-0.39, 0.29) is 0 Å². The van der Waals surface area contributed by atoms with Crippen LogP contribution in [0, 0.1) is 25.5 Å². The van der Waals surface area contributed by atoms with Gasteiger partial charge < -0.3 is 5.73 Å². The number of benzene rings is 2. The molecule has 18 heavy (non-hydrogen) atoms. The maximum Gasteiger partial charge on any atom is 0.128 e. The predicted molar refractivity (Wildman–Crippen MR) is 68.3 cm³/mol. The SMILES string of the molecule is Cc1ccc(C(N)c2cc(C)ccc2F)c(F)c1. The zero-order valence-corrected chi connectivity index (χ0v) is 10.4. The quantitative estimate of drug-likeness (QED) is 0.861. The molecule has 0 amide bonds. The molecule has 2 rings (SSSR count). The molecule has 0 aromatic heterocycles. The predicted octanol–water partition coefficient (Wildman–Crippen LogP) is 3.63. The number of halogens is 2. The van der Waals surface area contributed by atoms with E-state index in [2.05, 4.69) is 0 Å². The Kier molecular flexibility index (Phi) is 3.43. The molecule has 0 radical (unpaired) electrons. The topological polar surface area (TPSA) is 26.0 Å². The van der Waals surface area contributed by atoms with E-state index >= 15 is 0 Å². The van der Waals surface area contributed by atoms with Crippen LogP contribution in [0.4, 0.5) is 8.78 Å². The normalized spacial score (nSPS) is 12.5. The Bertz CT molecular complexity index is 579. The van der Waals surface area contributed by atoms with Crippen LogP contribution in [0.1, 0.15) is 28.3 Å². The monoisotopic (exact) mass is 247 g/mol. The molecule has 0 aliphatic rings. The van der Waals surface area contributed by atoms with Gasteiger partial charge in [0.2, 0.25) is 0 Å². The van der Waals surface area contributed by atoms with E-state index in [4.69, 9.17) is 5.73 Å². The molecule has 0 saturated heterocycles. The Morgan fingerprint density at radius 2 is 1.44 bits per heavy atom. The van der Waals surface area contributed by atoms with Gasteiger partial charge in [0.25, 0.3) is 0 Å². The minimum Gasteiger partial charge on any atom is -0.320 e. The second kappa shape index (κ2) is 4.86. The minimum absolute atomic E-state index is 0.310. The average Bonchev–Trinajstić information content (AvgIpc) is 2.31. The van der Waals surface area contributed by atoms with E-state index in [1.165, 1.54) is 12.1 Å². The van der Waals surface area contributed by atoms with E-state index < -0.39 is 17.7 Å². The molecular weight excluding hydrogens is 232 g/mol. The molecule has 2 N–H and O–H groups in total. The lowest BCUT2D eigenvalue weighted by molar-refractivity contribution is 0.575. The number of rotatable bonds is 2.